The van der Waals surface area contributed by atoms with Crippen molar-refractivity contribution in [1.82, 2.24) is 15.2 Å². The number of nitrogens with one attached hydrogen (secondary N) is 1. The van der Waals surface area contributed by atoms with Crippen LogP contribution in [0.2, 0.25) is 0 Å². The predicted molar refractivity (Wildman–Crippen MR) is 115 cm³/mol. The normalized spacial score (nSPS) is 19.0. The van der Waals surface area contributed by atoms with E-state index < -0.39 is 5.91 Å². The first-order valence-electron chi connectivity index (χ1n) is 9.67. The summed E-state index contributed by atoms with van der Waals surface area (Å²) in [5.74, 6) is 0.107. The number of carbonyl (C=O) groups is 2. The molecule has 1 N–H and O–H groups in total. The average Bonchev–Trinajstić information content (AvgIpc) is 3.31. The first-order chi connectivity index (χ1) is 14.7. The van der Waals surface area contributed by atoms with Crippen LogP contribution in [0.25, 0.3) is 28.2 Å². The number of aromatic nitrogens is 1. The Hall–Kier alpha value is -2.94. The highest BCUT2D eigenvalue weighted by Crippen LogP contribution is 2.33. The Morgan fingerprint density at radius 2 is 1.93 bits per heavy atom. The Kier molecular flexibility index (Phi) is 5.12. The minimum atomic E-state index is -0.403. The summed E-state index contributed by atoms with van der Waals surface area (Å²) in [6, 6.07) is 10.2. The molecule has 2 fully saturated rings. The fourth-order valence-electron chi connectivity index (χ4n) is 3.62. The van der Waals surface area contributed by atoms with E-state index in [0.717, 1.165) is 61.1 Å². The topological polar surface area (TPSA) is 84.7 Å². The van der Waals surface area contributed by atoms with E-state index in [1.807, 2.05) is 6.07 Å². The van der Waals surface area contributed by atoms with Crippen LogP contribution in [0, 0.1) is 0 Å². The molecule has 1 aromatic carbocycles. The molecule has 2 aliphatic heterocycles. The highest BCUT2D eigenvalue weighted by molar-refractivity contribution is 8.18. The van der Waals surface area contributed by atoms with Crippen molar-refractivity contribution in [2.75, 3.05) is 26.3 Å². The molecule has 0 spiro atoms. The van der Waals surface area contributed by atoms with Crippen molar-refractivity contribution in [2.24, 2.45) is 0 Å². The van der Waals surface area contributed by atoms with Gasteiger partial charge in [0.25, 0.3) is 11.1 Å². The Morgan fingerprint density at radius 3 is 2.67 bits per heavy atom. The van der Waals surface area contributed by atoms with E-state index in [0.29, 0.717) is 16.2 Å². The van der Waals surface area contributed by atoms with E-state index in [1.165, 1.54) is 5.56 Å². The number of morpholine rings is 1. The fourth-order valence-corrected chi connectivity index (χ4v) is 4.28. The number of amides is 2. The summed E-state index contributed by atoms with van der Waals surface area (Å²) in [7, 11) is 0. The number of imide groups is 1. The van der Waals surface area contributed by atoms with Crippen LogP contribution in [0.1, 0.15) is 11.3 Å². The molecule has 4 heterocycles. The smallest absolute Gasteiger partial charge is 0.290 e. The molecule has 2 saturated heterocycles. The molecule has 30 heavy (non-hydrogen) atoms. The van der Waals surface area contributed by atoms with Crippen molar-refractivity contribution in [1.29, 1.82) is 0 Å². The predicted octanol–water partition coefficient (Wildman–Crippen LogP) is 3.65. The maximum atomic E-state index is 11.8. The summed E-state index contributed by atoms with van der Waals surface area (Å²) < 4.78 is 11.4. The zero-order chi connectivity index (χ0) is 20.5. The summed E-state index contributed by atoms with van der Waals surface area (Å²) in [6.45, 7) is 4.40. The monoisotopic (exact) mass is 421 g/mol. The number of ether oxygens (including phenoxy) is 1. The van der Waals surface area contributed by atoms with Gasteiger partial charge >= 0.3 is 0 Å². The van der Waals surface area contributed by atoms with Crippen molar-refractivity contribution in [3.8, 4) is 11.1 Å². The van der Waals surface area contributed by atoms with Crippen LogP contribution in [-0.4, -0.2) is 47.3 Å². The summed E-state index contributed by atoms with van der Waals surface area (Å²) >= 11 is 0.869. The summed E-state index contributed by atoms with van der Waals surface area (Å²) in [4.78, 5) is 30.2. The Labute approximate surface area is 177 Å². The highest BCUT2D eigenvalue weighted by Gasteiger charge is 2.25. The second-order valence-electron chi connectivity index (χ2n) is 7.19. The number of furan rings is 1. The Morgan fingerprint density at radius 1 is 1.13 bits per heavy atom. The standard InChI is InChI=1S/C22H19N3O4S/c26-21-19(30-22(27)24-21)10-17-9-16-11-23-12-18(20(16)29-17)15-3-1-14(2-4-15)13-25-5-7-28-8-6-25/h1-4,9-12H,5-8,13H2,(H,24,26,27). The number of rotatable bonds is 4. The second-order valence-corrected chi connectivity index (χ2v) is 8.21. The molecule has 0 bridgehead atoms. The van der Waals surface area contributed by atoms with Crippen LogP contribution in [0.15, 0.2) is 52.0 Å². The molecule has 0 aliphatic carbocycles. The molecule has 152 valence electrons. The SMILES string of the molecule is O=C1NC(=O)C(=Cc2cc3cncc(-c4ccc(CN5CCOCC5)cc4)c3o2)S1. The molecule has 0 unspecified atom stereocenters. The number of pyridine rings is 1. The van der Waals surface area contributed by atoms with Crippen LogP contribution in [-0.2, 0) is 16.1 Å². The van der Waals surface area contributed by atoms with E-state index in [-0.39, 0.29) is 5.24 Å². The lowest BCUT2D eigenvalue weighted by molar-refractivity contribution is -0.115. The number of carbonyl (C=O) groups excluding carboxylic acids is 2. The van der Waals surface area contributed by atoms with Gasteiger partial charge in [-0.3, -0.25) is 24.8 Å². The van der Waals surface area contributed by atoms with Gasteiger partial charge < -0.3 is 9.15 Å². The van der Waals surface area contributed by atoms with Gasteiger partial charge in [-0.2, -0.15) is 0 Å². The average molecular weight is 421 g/mol. The van der Waals surface area contributed by atoms with Crippen molar-refractivity contribution < 1.29 is 18.7 Å². The van der Waals surface area contributed by atoms with Gasteiger partial charge in [-0.05, 0) is 29.0 Å². The number of hydrogen-bond acceptors (Lipinski definition) is 7. The lowest BCUT2D eigenvalue weighted by Crippen LogP contribution is -2.35. The van der Waals surface area contributed by atoms with E-state index in [2.05, 4.69) is 39.5 Å². The van der Waals surface area contributed by atoms with E-state index >= 15 is 0 Å². The molecule has 2 aliphatic rings. The lowest BCUT2D eigenvalue weighted by atomic mass is 10.0. The third-order valence-corrected chi connectivity index (χ3v) is 5.94. The first-order valence-corrected chi connectivity index (χ1v) is 10.5. The maximum absolute atomic E-state index is 11.8. The van der Waals surface area contributed by atoms with E-state index in [9.17, 15) is 9.59 Å². The van der Waals surface area contributed by atoms with E-state index in [4.69, 9.17) is 9.15 Å². The maximum Gasteiger partial charge on any atom is 0.290 e. The zero-order valence-corrected chi connectivity index (χ0v) is 16.9. The minimum Gasteiger partial charge on any atom is -0.456 e. The van der Waals surface area contributed by atoms with Gasteiger partial charge in [0.1, 0.15) is 11.3 Å². The van der Waals surface area contributed by atoms with Crippen LogP contribution in [0.5, 0.6) is 0 Å². The Bertz CT molecular complexity index is 1150. The van der Waals surface area contributed by atoms with Gasteiger partial charge in [-0.25, -0.2) is 0 Å². The third kappa shape index (κ3) is 3.89. The second kappa shape index (κ2) is 8.06. The molecule has 2 aromatic heterocycles. The fraction of sp³-hybridized carbons (Fsp3) is 0.227. The zero-order valence-electron chi connectivity index (χ0n) is 16.1. The van der Waals surface area contributed by atoms with E-state index in [1.54, 1.807) is 18.5 Å². The number of benzene rings is 1. The van der Waals surface area contributed by atoms with Crippen LogP contribution >= 0.6 is 11.8 Å². The number of thioether (sulfide) groups is 1. The molecule has 0 saturated carbocycles. The molecule has 7 nitrogen and oxygen atoms in total. The molecular weight excluding hydrogens is 402 g/mol. The number of fused-ring (bicyclic) bond motifs is 1. The number of hydrogen-bond donors (Lipinski definition) is 1. The van der Waals surface area contributed by atoms with Gasteiger partial charge in [-0.15, -0.1) is 0 Å². The quantitative estimate of drug-likeness (QED) is 0.644. The van der Waals surface area contributed by atoms with Crippen molar-refractivity contribution in [2.45, 2.75) is 6.54 Å². The molecular formula is C22H19N3O4S. The largest absolute Gasteiger partial charge is 0.456 e. The van der Waals surface area contributed by atoms with Crippen LogP contribution < -0.4 is 5.32 Å². The molecule has 3 aromatic rings. The lowest BCUT2D eigenvalue weighted by Gasteiger charge is -2.26. The summed E-state index contributed by atoms with van der Waals surface area (Å²) in [6.07, 6.45) is 5.09. The summed E-state index contributed by atoms with van der Waals surface area (Å²) in [5, 5.41) is 2.71. The molecule has 0 atom stereocenters. The Balaban J connectivity index is 1.41. The van der Waals surface area contributed by atoms with Gasteiger partial charge in [0.2, 0.25) is 0 Å². The van der Waals surface area contributed by atoms with Crippen molar-refractivity contribution in [3.05, 3.63) is 59.0 Å². The molecule has 0 radical (unpaired) electrons. The van der Waals surface area contributed by atoms with Gasteiger partial charge in [-0.1, -0.05) is 24.3 Å². The highest BCUT2D eigenvalue weighted by atomic mass is 32.2. The molecule has 8 heteroatoms. The van der Waals surface area contributed by atoms with Gasteiger partial charge in [0.05, 0.1) is 18.1 Å². The number of nitrogens with zero attached hydrogens (tertiary/aromatic N) is 2. The van der Waals surface area contributed by atoms with Crippen molar-refractivity contribution in [3.63, 3.8) is 0 Å². The van der Waals surface area contributed by atoms with Gasteiger partial charge in [0, 0.05) is 49.1 Å². The minimum absolute atomic E-state index is 0.320. The van der Waals surface area contributed by atoms with Crippen molar-refractivity contribution >= 4 is 40.0 Å². The summed E-state index contributed by atoms with van der Waals surface area (Å²) in [5.41, 5.74) is 3.84. The van der Waals surface area contributed by atoms with Crippen LogP contribution in [0.3, 0.4) is 0 Å². The molecule has 2 amide bonds. The third-order valence-electron chi connectivity index (χ3n) is 5.13. The van der Waals surface area contributed by atoms with Gasteiger partial charge in [0.15, 0.2) is 0 Å². The molecule has 5 rings (SSSR count). The van der Waals surface area contributed by atoms with Crippen LogP contribution in [0.4, 0.5) is 4.79 Å². The first kappa shape index (κ1) is 19.0.